The number of benzene rings is 1. The van der Waals surface area contributed by atoms with E-state index in [4.69, 9.17) is 0 Å². The van der Waals surface area contributed by atoms with Gasteiger partial charge in [-0.05, 0) is 80.8 Å². The fraction of sp³-hybridized carbons (Fsp3) is 0.500. The van der Waals surface area contributed by atoms with Gasteiger partial charge in [-0.25, -0.2) is 4.39 Å². The van der Waals surface area contributed by atoms with Crippen LogP contribution in [0.1, 0.15) is 48.0 Å². The van der Waals surface area contributed by atoms with Gasteiger partial charge in [0.2, 0.25) is 0 Å². The van der Waals surface area contributed by atoms with Gasteiger partial charge < -0.3 is 4.90 Å². The number of aromatic nitrogens is 1. The summed E-state index contributed by atoms with van der Waals surface area (Å²) in [6, 6.07) is 11.2. The van der Waals surface area contributed by atoms with Crippen LogP contribution in [0.2, 0.25) is 0 Å². The second-order valence-electron chi connectivity index (χ2n) is 8.43. The van der Waals surface area contributed by atoms with Gasteiger partial charge in [-0.3, -0.25) is 14.7 Å². The maximum absolute atomic E-state index is 13.1. The summed E-state index contributed by atoms with van der Waals surface area (Å²) in [4.78, 5) is 21.3. The highest BCUT2D eigenvalue weighted by Crippen LogP contribution is 2.27. The molecule has 2 aromatic rings. The van der Waals surface area contributed by atoms with Crippen LogP contribution in [0.15, 0.2) is 48.8 Å². The Kier molecular flexibility index (Phi) is 6.55. The number of hydrogen-bond acceptors (Lipinski definition) is 3. The molecular formula is C24H30FN3O. The standard InChI is InChI=1S/C24H30FN3O/c25-22-9-7-19(8-10-22)5-6-20-3-2-14-28(18-20)23-11-15-27(16-12-23)24(29)21-4-1-13-26-17-21/h1,4,7-10,13,17,20,23H,2-3,5-6,11-12,14-16,18H2. The van der Waals surface area contributed by atoms with E-state index in [-0.39, 0.29) is 11.7 Å². The molecule has 4 nitrogen and oxygen atoms in total. The monoisotopic (exact) mass is 395 g/mol. The number of nitrogens with zero attached hydrogens (tertiary/aromatic N) is 3. The van der Waals surface area contributed by atoms with E-state index < -0.39 is 0 Å². The van der Waals surface area contributed by atoms with Crippen LogP contribution in [0.3, 0.4) is 0 Å². The highest BCUT2D eigenvalue weighted by atomic mass is 19.1. The smallest absolute Gasteiger partial charge is 0.255 e. The molecule has 5 heteroatoms. The van der Waals surface area contributed by atoms with Crippen LogP contribution in [-0.4, -0.2) is 52.9 Å². The summed E-state index contributed by atoms with van der Waals surface area (Å²) >= 11 is 0. The number of aryl methyl sites for hydroxylation is 1. The third-order valence-corrected chi connectivity index (χ3v) is 6.48. The van der Waals surface area contributed by atoms with E-state index in [1.165, 1.54) is 31.4 Å². The van der Waals surface area contributed by atoms with Crippen molar-refractivity contribution in [3.8, 4) is 0 Å². The molecule has 1 amide bonds. The number of halogens is 1. The summed E-state index contributed by atoms with van der Waals surface area (Å²) < 4.78 is 13.1. The molecule has 154 valence electrons. The SMILES string of the molecule is O=C(c1cccnc1)N1CCC(N2CCCC(CCc3ccc(F)cc3)C2)CC1. The van der Waals surface area contributed by atoms with Gasteiger partial charge in [0, 0.05) is 38.1 Å². The molecule has 1 aromatic carbocycles. The van der Waals surface area contributed by atoms with E-state index in [1.54, 1.807) is 24.5 Å². The molecule has 3 heterocycles. The predicted octanol–water partition coefficient (Wildman–Crippen LogP) is 4.17. The largest absolute Gasteiger partial charge is 0.338 e. The van der Waals surface area contributed by atoms with Crippen LogP contribution in [-0.2, 0) is 6.42 Å². The molecular weight excluding hydrogens is 365 g/mol. The number of carbonyl (C=O) groups is 1. The van der Waals surface area contributed by atoms with Crippen molar-refractivity contribution in [1.82, 2.24) is 14.8 Å². The molecule has 0 radical (unpaired) electrons. The lowest BCUT2D eigenvalue weighted by atomic mass is 9.89. The highest BCUT2D eigenvalue weighted by molar-refractivity contribution is 5.93. The van der Waals surface area contributed by atoms with Crippen molar-refractivity contribution >= 4 is 5.91 Å². The van der Waals surface area contributed by atoms with Gasteiger partial charge in [-0.15, -0.1) is 0 Å². The van der Waals surface area contributed by atoms with Gasteiger partial charge in [0.05, 0.1) is 5.56 Å². The zero-order chi connectivity index (χ0) is 20.1. The van der Waals surface area contributed by atoms with E-state index in [9.17, 15) is 9.18 Å². The Labute approximate surface area is 172 Å². The fourth-order valence-electron chi connectivity index (χ4n) is 4.79. The van der Waals surface area contributed by atoms with E-state index in [0.29, 0.717) is 17.5 Å². The van der Waals surface area contributed by atoms with Crippen molar-refractivity contribution in [2.45, 2.75) is 44.6 Å². The van der Waals surface area contributed by atoms with Crippen molar-refractivity contribution in [2.24, 2.45) is 5.92 Å². The van der Waals surface area contributed by atoms with E-state index >= 15 is 0 Å². The summed E-state index contributed by atoms with van der Waals surface area (Å²) in [5.41, 5.74) is 1.91. The van der Waals surface area contributed by atoms with Gasteiger partial charge in [0.1, 0.15) is 5.82 Å². The van der Waals surface area contributed by atoms with Crippen LogP contribution in [0.4, 0.5) is 4.39 Å². The Hall–Kier alpha value is -2.27. The maximum Gasteiger partial charge on any atom is 0.255 e. The topological polar surface area (TPSA) is 36.4 Å². The minimum Gasteiger partial charge on any atom is -0.338 e. The van der Waals surface area contributed by atoms with Crippen LogP contribution in [0.25, 0.3) is 0 Å². The van der Waals surface area contributed by atoms with Crippen LogP contribution in [0, 0.1) is 11.7 Å². The highest BCUT2D eigenvalue weighted by Gasteiger charge is 2.30. The molecule has 2 aliphatic rings. The maximum atomic E-state index is 13.1. The lowest BCUT2D eigenvalue weighted by Gasteiger charge is -2.42. The molecule has 1 unspecified atom stereocenters. The van der Waals surface area contributed by atoms with Gasteiger partial charge in [0.25, 0.3) is 5.91 Å². The molecule has 29 heavy (non-hydrogen) atoms. The molecule has 0 spiro atoms. The number of pyridine rings is 1. The lowest BCUT2D eigenvalue weighted by molar-refractivity contribution is 0.0522. The average Bonchev–Trinajstić information content (AvgIpc) is 2.79. The fourth-order valence-corrected chi connectivity index (χ4v) is 4.79. The zero-order valence-corrected chi connectivity index (χ0v) is 17.0. The van der Waals surface area contributed by atoms with Crippen LogP contribution < -0.4 is 0 Å². The Morgan fingerprint density at radius 1 is 1.07 bits per heavy atom. The number of piperidine rings is 2. The number of amides is 1. The zero-order valence-electron chi connectivity index (χ0n) is 17.0. The summed E-state index contributed by atoms with van der Waals surface area (Å²) in [5, 5.41) is 0. The van der Waals surface area contributed by atoms with Crippen LogP contribution >= 0.6 is 0 Å². The molecule has 2 fully saturated rings. The minimum atomic E-state index is -0.161. The Morgan fingerprint density at radius 3 is 2.59 bits per heavy atom. The van der Waals surface area contributed by atoms with Crippen molar-refractivity contribution in [1.29, 1.82) is 0 Å². The molecule has 0 saturated carbocycles. The third kappa shape index (κ3) is 5.21. The van der Waals surface area contributed by atoms with Gasteiger partial charge in [0.15, 0.2) is 0 Å². The van der Waals surface area contributed by atoms with E-state index in [0.717, 1.165) is 38.9 Å². The quantitative estimate of drug-likeness (QED) is 0.762. The van der Waals surface area contributed by atoms with Crippen molar-refractivity contribution in [2.75, 3.05) is 26.2 Å². The summed E-state index contributed by atoms with van der Waals surface area (Å²) in [7, 11) is 0. The first kappa shape index (κ1) is 20.0. The normalized spacial score (nSPS) is 21.3. The van der Waals surface area contributed by atoms with Gasteiger partial charge in [-0.1, -0.05) is 12.1 Å². The Balaban J connectivity index is 1.25. The van der Waals surface area contributed by atoms with Gasteiger partial charge in [-0.2, -0.15) is 0 Å². The van der Waals surface area contributed by atoms with Crippen LogP contribution in [0.5, 0.6) is 0 Å². The van der Waals surface area contributed by atoms with E-state index in [1.807, 2.05) is 29.2 Å². The molecule has 0 aliphatic carbocycles. The van der Waals surface area contributed by atoms with E-state index in [2.05, 4.69) is 9.88 Å². The number of hydrogen-bond donors (Lipinski definition) is 0. The summed E-state index contributed by atoms with van der Waals surface area (Å²) in [6.45, 7) is 3.99. The first-order chi connectivity index (χ1) is 14.2. The Bertz CT molecular complexity index is 788. The molecule has 4 rings (SSSR count). The first-order valence-electron chi connectivity index (χ1n) is 10.9. The Morgan fingerprint density at radius 2 is 1.86 bits per heavy atom. The van der Waals surface area contributed by atoms with Crippen molar-refractivity contribution in [3.63, 3.8) is 0 Å². The summed E-state index contributed by atoms with van der Waals surface area (Å²) in [5.74, 6) is 0.655. The molecule has 0 N–H and O–H groups in total. The predicted molar refractivity (Wildman–Crippen MR) is 112 cm³/mol. The van der Waals surface area contributed by atoms with Crippen molar-refractivity contribution in [3.05, 3.63) is 65.7 Å². The lowest BCUT2D eigenvalue weighted by Crippen LogP contribution is -2.49. The molecule has 1 atom stereocenters. The average molecular weight is 396 g/mol. The third-order valence-electron chi connectivity index (χ3n) is 6.48. The number of rotatable bonds is 5. The number of likely N-dealkylation sites (tertiary alicyclic amines) is 2. The molecule has 2 saturated heterocycles. The minimum absolute atomic E-state index is 0.104. The molecule has 1 aromatic heterocycles. The second-order valence-corrected chi connectivity index (χ2v) is 8.43. The molecule has 2 aliphatic heterocycles. The first-order valence-corrected chi connectivity index (χ1v) is 10.9. The van der Waals surface area contributed by atoms with Crippen molar-refractivity contribution < 1.29 is 9.18 Å². The molecule has 0 bridgehead atoms. The number of carbonyl (C=O) groups excluding carboxylic acids is 1. The second kappa shape index (κ2) is 9.49. The van der Waals surface area contributed by atoms with Gasteiger partial charge >= 0.3 is 0 Å². The summed E-state index contributed by atoms with van der Waals surface area (Å²) in [6.07, 6.45) is 10.2.